The van der Waals surface area contributed by atoms with Gasteiger partial charge in [-0.15, -0.1) is 0 Å². The lowest BCUT2D eigenvalue weighted by Crippen LogP contribution is -2.26. The lowest BCUT2D eigenvalue weighted by Gasteiger charge is -2.11. The van der Waals surface area contributed by atoms with Gasteiger partial charge >= 0.3 is 6.18 Å². The molecule has 0 radical (unpaired) electrons. The number of fused-ring (bicyclic) bond motifs is 1. The van der Waals surface area contributed by atoms with Crippen molar-refractivity contribution in [3.05, 3.63) is 84.7 Å². The third-order valence-electron chi connectivity index (χ3n) is 5.52. The Kier molecular flexibility index (Phi) is 7.51. The number of rotatable bonds is 8. The molecule has 4 N–H and O–H groups in total. The van der Waals surface area contributed by atoms with Crippen LogP contribution in [0.3, 0.4) is 0 Å². The molecule has 2 aromatic heterocycles. The van der Waals surface area contributed by atoms with E-state index in [2.05, 4.69) is 31.9 Å². The van der Waals surface area contributed by atoms with Gasteiger partial charge in [-0.1, -0.05) is 18.7 Å². The first kappa shape index (κ1) is 27.1. The quantitative estimate of drug-likeness (QED) is 0.220. The molecule has 0 unspecified atom stereocenters. The summed E-state index contributed by atoms with van der Waals surface area (Å²) < 4.78 is 57.4. The second-order valence-electron chi connectivity index (χ2n) is 8.37. The van der Waals surface area contributed by atoms with E-state index in [0.29, 0.717) is 22.6 Å². The summed E-state index contributed by atoms with van der Waals surface area (Å²) in [6, 6.07) is 8.91. The van der Waals surface area contributed by atoms with Gasteiger partial charge in [0.2, 0.25) is 5.91 Å². The number of nitrogens with two attached hydrogens (primary N) is 1. The number of ether oxygens (including phenoxy) is 1. The molecular formula is C26H22F4N6O3. The molecule has 0 saturated heterocycles. The van der Waals surface area contributed by atoms with Crippen LogP contribution in [-0.4, -0.2) is 39.0 Å². The molecule has 0 bridgehead atoms. The third-order valence-corrected chi connectivity index (χ3v) is 5.52. The molecule has 202 valence electrons. The number of carbonyl (C=O) groups excluding carboxylic acids is 2. The van der Waals surface area contributed by atoms with Crippen molar-refractivity contribution in [1.29, 1.82) is 0 Å². The highest BCUT2D eigenvalue weighted by Crippen LogP contribution is 2.31. The van der Waals surface area contributed by atoms with Crippen LogP contribution >= 0.6 is 0 Å². The van der Waals surface area contributed by atoms with Crippen LogP contribution < -0.4 is 21.1 Å². The Labute approximate surface area is 219 Å². The van der Waals surface area contributed by atoms with Crippen LogP contribution in [0.1, 0.15) is 29.1 Å². The number of aromatic nitrogens is 3. The molecule has 0 fully saturated rings. The summed E-state index contributed by atoms with van der Waals surface area (Å²) in [5.74, 6) is -2.03. The molecular weight excluding hydrogens is 520 g/mol. The monoisotopic (exact) mass is 542 g/mol. The molecule has 4 rings (SSSR count). The summed E-state index contributed by atoms with van der Waals surface area (Å²) in [5, 5.41) is 5.24. The summed E-state index contributed by atoms with van der Waals surface area (Å²) in [7, 11) is 0. The molecule has 2 aromatic carbocycles. The van der Waals surface area contributed by atoms with E-state index in [9.17, 15) is 27.2 Å². The summed E-state index contributed by atoms with van der Waals surface area (Å²) in [6.45, 7) is 3.53. The van der Waals surface area contributed by atoms with Gasteiger partial charge in [-0.05, 0) is 37.3 Å². The van der Waals surface area contributed by atoms with Crippen molar-refractivity contribution in [2.45, 2.75) is 19.1 Å². The Morgan fingerprint density at radius 2 is 2.00 bits per heavy atom. The fourth-order valence-corrected chi connectivity index (χ4v) is 3.80. The third kappa shape index (κ3) is 6.14. The smallest absolute Gasteiger partial charge is 0.422 e. The number of hydrogen-bond donors (Lipinski definition) is 3. The number of alkyl halides is 3. The number of hydrogen-bond acceptors (Lipinski definition) is 6. The SMILES string of the molecule is C=CC(=O)N[C@@H](C)c1nc(-c2cccc(C(=O)Nc3ccc(OCC(F)(F)F)c(F)c3)c2)c2c(N)nccn12. The molecule has 4 aromatic rings. The topological polar surface area (TPSA) is 124 Å². The first-order valence-electron chi connectivity index (χ1n) is 11.4. The standard InChI is InChI=1S/C26H22F4N6O3/c1-3-20(37)33-14(2)24-35-21(22-23(31)32-9-10-36(22)24)15-5-4-6-16(11-15)25(38)34-17-7-8-19(18(27)12-17)39-13-26(28,29)30/h3-12,14H,1,13H2,2H3,(H2,31,32)(H,33,37)(H,34,38)/t14-/m0/s1. The van der Waals surface area contributed by atoms with Gasteiger partial charge in [-0.25, -0.2) is 14.4 Å². The molecule has 39 heavy (non-hydrogen) atoms. The fourth-order valence-electron chi connectivity index (χ4n) is 3.80. The van der Waals surface area contributed by atoms with Crippen LogP contribution in [0.15, 0.2) is 67.5 Å². The Balaban J connectivity index is 1.62. The number of nitrogens with one attached hydrogen (secondary N) is 2. The van der Waals surface area contributed by atoms with Gasteiger partial charge < -0.3 is 21.1 Å². The largest absolute Gasteiger partial charge is 0.481 e. The van der Waals surface area contributed by atoms with E-state index < -0.39 is 42.2 Å². The normalized spacial score (nSPS) is 12.1. The van der Waals surface area contributed by atoms with Crippen LogP contribution in [0.2, 0.25) is 0 Å². The summed E-state index contributed by atoms with van der Waals surface area (Å²) in [5.41, 5.74) is 7.71. The molecule has 0 aliphatic heterocycles. The predicted octanol–water partition coefficient (Wildman–Crippen LogP) is 4.67. The molecule has 2 amide bonds. The lowest BCUT2D eigenvalue weighted by atomic mass is 10.1. The highest BCUT2D eigenvalue weighted by Gasteiger charge is 2.29. The number of anilines is 2. The van der Waals surface area contributed by atoms with Crippen molar-refractivity contribution in [3.63, 3.8) is 0 Å². The Bertz CT molecular complexity index is 1570. The van der Waals surface area contributed by atoms with Crippen molar-refractivity contribution < 1.29 is 31.9 Å². The number of halogens is 4. The number of imidazole rings is 1. The minimum absolute atomic E-state index is 0.0113. The van der Waals surface area contributed by atoms with Crippen LogP contribution in [-0.2, 0) is 4.79 Å². The van der Waals surface area contributed by atoms with Gasteiger partial charge in [0.15, 0.2) is 18.2 Å². The Morgan fingerprint density at radius 1 is 1.23 bits per heavy atom. The van der Waals surface area contributed by atoms with E-state index in [1.165, 1.54) is 24.4 Å². The highest BCUT2D eigenvalue weighted by atomic mass is 19.4. The summed E-state index contributed by atoms with van der Waals surface area (Å²) >= 11 is 0. The molecule has 1 atom stereocenters. The maximum absolute atomic E-state index is 14.2. The van der Waals surface area contributed by atoms with E-state index in [1.54, 1.807) is 29.7 Å². The first-order valence-corrected chi connectivity index (χ1v) is 11.4. The number of nitrogen functional groups attached to an aromatic ring is 1. The van der Waals surface area contributed by atoms with Crippen LogP contribution in [0.5, 0.6) is 5.75 Å². The number of amides is 2. The maximum atomic E-state index is 14.2. The minimum atomic E-state index is -4.62. The molecule has 0 spiro atoms. The van der Waals surface area contributed by atoms with E-state index in [0.717, 1.165) is 18.2 Å². The highest BCUT2D eigenvalue weighted by molar-refractivity contribution is 6.05. The second kappa shape index (κ2) is 10.8. The molecule has 13 heteroatoms. The van der Waals surface area contributed by atoms with Crippen molar-refractivity contribution in [2.24, 2.45) is 0 Å². The van der Waals surface area contributed by atoms with Gasteiger partial charge in [0.25, 0.3) is 5.91 Å². The second-order valence-corrected chi connectivity index (χ2v) is 8.37. The zero-order chi connectivity index (χ0) is 28.3. The maximum Gasteiger partial charge on any atom is 0.422 e. The van der Waals surface area contributed by atoms with Gasteiger partial charge in [-0.3, -0.25) is 14.0 Å². The van der Waals surface area contributed by atoms with Gasteiger partial charge in [0.1, 0.15) is 22.9 Å². The molecule has 0 saturated carbocycles. The number of carbonyl (C=O) groups is 2. The lowest BCUT2D eigenvalue weighted by molar-refractivity contribution is -0.153. The van der Waals surface area contributed by atoms with E-state index in [1.807, 2.05) is 0 Å². The van der Waals surface area contributed by atoms with E-state index in [4.69, 9.17) is 5.73 Å². The predicted molar refractivity (Wildman–Crippen MR) is 135 cm³/mol. The van der Waals surface area contributed by atoms with Crippen molar-refractivity contribution in [1.82, 2.24) is 19.7 Å². The van der Waals surface area contributed by atoms with Crippen molar-refractivity contribution in [3.8, 4) is 17.0 Å². The Morgan fingerprint density at radius 3 is 2.69 bits per heavy atom. The van der Waals surface area contributed by atoms with Crippen LogP contribution in [0, 0.1) is 5.82 Å². The minimum Gasteiger partial charge on any atom is -0.481 e. The summed E-state index contributed by atoms with van der Waals surface area (Å²) in [6.07, 6.45) is -0.354. The van der Waals surface area contributed by atoms with Gasteiger partial charge in [-0.2, -0.15) is 13.2 Å². The van der Waals surface area contributed by atoms with E-state index in [-0.39, 0.29) is 17.1 Å². The van der Waals surface area contributed by atoms with Gasteiger partial charge in [0, 0.05) is 35.3 Å². The molecule has 2 heterocycles. The van der Waals surface area contributed by atoms with Crippen LogP contribution in [0.25, 0.3) is 16.8 Å². The fraction of sp³-hybridized carbons (Fsp3) is 0.154. The average molecular weight is 542 g/mol. The molecule has 0 aliphatic carbocycles. The first-order chi connectivity index (χ1) is 18.5. The summed E-state index contributed by atoms with van der Waals surface area (Å²) in [4.78, 5) is 33.5. The van der Waals surface area contributed by atoms with E-state index >= 15 is 0 Å². The Hall–Kier alpha value is -4.94. The molecule has 9 nitrogen and oxygen atoms in total. The van der Waals surface area contributed by atoms with Crippen LogP contribution in [0.4, 0.5) is 29.1 Å². The van der Waals surface area contributed by atoms with Gasteiger partial charge in [0.05, 0.1) is 6.04 Å². The zero-order valence-corrected chi connectivity index (χ0v) is 20.4. The zero-order valence-electron chi connectivity index (χ0n) is 20.4. The van der Waals surface area contributed by atoms with Crippen molar-refractivity contribution >= 4 is 28.8 Å². The van der Waals surface area contributed by atoms with Crippen molar-refractivity contribution in [2.75, 3.05) is 17.7 Å². The molecule has 0 aliphatic rings. The number of nitrogens with zero attached hydrogens (tertiary/aromatic N) is 3. The number of benzene rings is 2. The average Bonchev–Trinajstić information content (AvgIpc) is 3.29.